The number of nitrogens with one attached hydrogen (secondary N) is 1. The molecule has 3 fully saturated rings. The van der Waals surface area contributed by atoms with Crippen molar-refractivity contribution in [2.75, 3.05) is 5.32 Å². The summed E-state index contributed by atoms with van der Waals surface area (Å²) in [6.45, 7) is 2.20. The minimum absolute atomic E-state index is 0.0854. The average molecular weight is 581 g/mol. The van der Waals surface area contributed by atoms with Crippen molar-refractivity contribution < 1.29 is 19.1 Å². The van der Waals surface area contributed by atoms with Crippen LogP contribution in [0.25, 0.3) is 6.08 Å². The molecule has 0 aliphatic heterocycles. The van der Waals surface area contributed by atoms with Crippen LogP contribution in [0.15, 0.2) is 58.7 Å². The lowest BCUT2D eigenvalue weighted by atomic mass is 9.79. The molecule has 3 aliphatic carbocycles. The van der Waals surface area contributed by atoms with E-state index in [0.29, 0.717) is 41.3 Å². The summed E-state index contributed by atoms with van der Waals surface area (Å²) in [7, 11) is 0. The fourth-order valence-corrected chi connectivity index (χ4v) is 6.99. The van der Waals surface area contributed by atoms with Crippen molar-refractivity contribution in [3.05, 3.63) is 88.1 Å². The van der Waals surface area contributed by atoms with Crippen molar-refractivity contribution in [2.45, 2.75) is 108 Å². The molecule has 1 aromatic heterocycles. The molecule has 226 valence electrons. The lowest BCUT2D eigenvalue weighted by molar-refractivity contribution is 0.0930. The number of ketones is 1. The molecule has 3 aliphatic rings. The highest BCUT2D eigenvalue weighted by Gasteiger charge is 2.29. The summed E-state index contributed by atoms with van der Waals surface area (Å²) in [6, 6.07) is 14.4. The van der Waals surface area contributed by atoms with E-state index < -0.39 is 0 Å². The predicted octanol–water partition coefficient (Wildman–Crippen LogP) is 8.76. The van der Waals surface area contributed by atoms with Gasteiger partial charge in [-0.05, 0) is 106 Å². The van der Waals surface area contributed by atoms with E-state index in [0.717, 1.165) is 82.6 Å². The van der Waals surface area contributed by atoms with Crippen LogP contribution in [-0.4, -0.2) is 27.9 Å². The van der Waals surface area contributed by atoms with E-state index in [1.54, 1.807) is 0 Å². The molecule has 0 unspecified atom stereocenters. The summed E-state index contributed by atoms with van der Waals surface area (Å²) < 4.78 is 5.56. The highest BCUT2D eigenvalue weighted by Crippen LogP contribution is 2.40. The highest BCUT2D eigenvalue weighted by molar-refractivity contribution is 6.05. The smallest absolute Gasteiger partial charge is 0.277 e. The summed E-state index contributed by atoms with van der Waals surface area (Å²) in [5.41, 5.74) is 6.61. The van der Waals surface area contributed by atoms with Gasteiger partial charge in [0.2, 0.25) is 0 Å². The number of oxazole rings is 1. The van der Waals surface area contributed by atoms with Crippen LogP contribution in [-0.2, 0) is 0 Å². The third-order valence-electron chi connectivity index (χ3n) is 9.69. The molecule has 6 rings (SSSR count). The molecule has 0 radical (unpaired) electrons. The lowest BCUT2D eigenvalue weighted by Crippen LogP contribution is -2.19. The molecule has 3 aromatic rings. The number of rotatable bonds is 10. The van der Waals surface area contributed by atoms with Crippen molar-refractivity contribution >= 4 is 23.5 Å². The third-order valence-corrected chi connectivity index (χ3v) is 9.69. The van der Waals surface area contributed by atoms with Crippen LogP contribution in [0.4, 0.5) is 5.69 Å². The first-order valence-corrected chi connectivity index (χ1v) is 16.3. The van der Waals surface area contributed by atoms with Gasteiger partial charge in [0.15, 0.2) is 17.4 Å². The van der Waals surface area contributed by atoms with Crippen LogP contribution in [0.2, 0.25) is 0 Å². The van der Waals surface area contributed by atoms with Crippen LogP contribution < -0.4 is 5.32 Å². The molecule has 0 spiro atoms. The van der Waals surface area contributed by atoms with Crippen LogP contribution in [0.3, 0.4) is 0 Å². The van der Waals surface area contributed by atoms with Crippen molar-refractivity contribution in [2.24, 2.45) is 5.92 Å². The zero-order valence-corrected chi connectivity index (χ0v) is 25.3. The number of aliphatic hydroxyl groups excluding tert-OH is 1. The number of carbonyl (C=O) groups excluding carboxylic acids is 2. The van der Waals surface area contributed by atoms with Gasteiger partial charge in [0.1, 0.15) is 6.26 Å². The first-order valence-electron chi connectivity index (χ1n) is 16.3. The molecule has 2 N–H and O–H groups in total. The van der Waals surface area contributed by atoms with Gasteiger partial charge in [-0.3, -0.25) is 9.59 Å². The normalized spacial score (nSPS) is 22.3. The van der Waals surface area contributed by atoms with E-state index in [-0.39, 0.29) is 23.5 Å². The van der Waals surface area contributed by atoms with Gasteiger partial charge in [0, 0.05) is 23.6 Å². The Labute approximate surface area is 255 Å². The van der Waals surface area contributed by atoms with Gasteiger partial charge in [-0.1, -0.05) is 60.9 Å². The molecule has 0 saturated heterocycles. The number of allylic oxidation sites excluding steroid dienone is 1. The Hall–Kier alpha value is -3.51. The zero-order valence-electron chi connectivity index (χ0n) is 25.3. The molecule has 43 heavy (non-hydrogen) atoms. The van der Waals surface area contributed by atoms with Gasteiger partial charge >= 0.3 is 0 Å². The van der Waals surface area contributed by atoms with Gasteiger partial charge in [-0.2, -0.15) is 0 Å². The van der Waals surface area contributed by atoms with Crippen LogP contribution in [0, 0.1) is 12.8 Å². The Balaban J connectivity index is 1.16. The Bertz CT molecular complexity index is 1470. The van der Waals surface area contributed by atoms with Crippen LogP contribution in [0.5, 0.6) is 0 Å². The standard InChI is InChI=1S/C37H44N2O4/c1-24-6-2-3-10-32(24)27-14-12-26(13-15-27)20-29-18-19-30(35(41)11-5-8-25-7-4-9-31(40)21-25)22-33(29)38-36(42)34-23-43-37(39-34)28-16-17-28/h2-3,6,10,18-20,22-23,25,27-28,31,40H,4-5,7-9,11-17,21H2,1H3,(H,38,42)/t25-,27?,31-/m1/s1. The first kappa shape index (κ1) is 29.6. The SMILES string of the molecule is Cc1ccccc1C1CCC(=Cc2ccc(C(=O)CCC[C@H]3CCC[C@@H](O)C3)cc2NC(=O)c2coc(C3CC3)n2)CC1. The number of nitrogens with zero attached hydrogens (tertiary/aromatic N) is 1. The summed E-state index contributed by atoms with van der Waals surface area (Å²) in [4.78, 5) is 30.9. The molecule has 6 nitrogen and oxygen atoms in total. The number of Topliss-reactive ketones (excluding diaryl/α,β-unsaturated/α-hetero) is 1. The summed E-state index contributed by atoms with van der Waals surface area (Å²) >= 11 is 0. The number of carbonyl (C=O) groups is 2. The molecular weight excluding hydrogens is 536 g/mol. The van der Waals surface area contributed by atoms with Crippen molar-refractivity contribution in [1.82, 2.24) is 4.98 Å². The number of hydrogen-bond donors (Lipinski definition) is 2. The van der Waals surface area contributed by atoms with E-state index in [1.807, 2.05) is 18.2 Å². The van der Waals surface area contributed by atoms with Crippen molar-refractivity contribution in [3.63, 3.8) is 0 Å². The number of hydrogen-bond acceptors (Lipinski definition) is 5. The van der Waals surface area contributed by atoms with E-state index in [4.69, 9.17) is 4.42 Å². The van der Waals surface area contributed by atoms with E-state index in [2.05, 4.69) is 47.6 Å². The maximum absolute atomic E-state index is 13.2. The Morgan fingerprint density at radius 3 is 2.60 bits per heavy atom. The number of benzene rings is 2. The second kappa shape index (κ2) is 13.4. The van der Waals surface area contributed by atoms with E-state index >= 15 is 0 Å². The minimum Gasteiger partial charge on any atom is -0.448 e. The number of anilines is 1. The zero-order chi connectivity index (χ0) is 29.8. The third kappa shape index (κ3) is 7.53. The van der Waals surface area contributed by atoms with Gasteiger partial charge < -0.3 is 14.8 Å². The topological polar surface area (TPSA) is 92.4 Å². The number of aliphatic hydroxyl groups is 1. The average Bonchev–Trinajstić information content (AvgIpc) is 3.74. The van der Waals surface area contributed by atoms with Crippen LogP contribution in [0.1, 0.15) is 139 Å². The van der Waals surface area contributed by atoms with Gasteiger partial charge in [-0.25, -0.2) is 4.98 Å². The Kier molecular flexibility index (Phi) is 9.22. The number of aryl methyl sites for hydroxylation is 1. The molecule has 1 heterocycles. The minimum atomic E-state index is -0.320. The van der Waals surface area contributed by atoms with Crippen molar-refractivity contribution in [3.8, 4) is 0 Å². The summed E-state index contributed by atoms with van der Waals surface area (Å²) in [5.74, 6) is 1.80. The Morgan fingerprint density at radius 2 is 1.84 bits per heavy atom. The number of amides is 1. The van der Waals surface area contributed by atoms with Crippen molar-refractivity contribution in [1.29, 1.82) is 0 Å². The van der Waals surface area contributed by atoms with E-state index in [1.165, 1.54) is 23.0 Å². The van der Waals surface area contributed by atoms with Gasteiger partial charge in [-0.15, -0.1) is 0 Å². The molecule has 0 bridgehead atoms. The maximum atomic E-state index is 13.2. The second-order valence-corrected chi connectivity index (χ2v) is 13.0. The summed E-state index contributed by atoms with van der Waals surface area (Å²) in [6.07, 6.45) is 16.0. The molecule has 2 atom stereocenters. The Morgan fingerprint density at radius 1 is 1.02 bits per heavy atom. The fourth-order valence-electron chi connectivity index (χ4n) is 6.99. The summed E-state index contributed by atoms with van der Waals surface area (Å²) in [5, 5.41) is 13.0. The predicted molar refractivity (Wildman–Crippen MR) is 169 cm³/mol. The second-order valence-electron chi connectivity index (χ2n) is 13.0. The largest absolute Gasteiger partial charge is 0.448 e. The van der Waals surface area contributed by atoms with E-state index in [9.17, 15) is 14.7 Å². The van der Waals surface area contributed by atoms with Crippen LogP contribution >= 0.6 is 0 Å². The van der Waals surface area contributed by atoms with Gasteiger partial charge in [0.05, 0.1) is 6.10 Å². The molecule has 3 saturated carbocycles. The number of aromatic nitrogens is 1. The maximum Gasteiger partial charge on any atom is 0.277 e. The molecule has 2 aromatic carbocycles. The molecular formula is C37H44N2O4. The fraction of sp³-hybridized carbons (Fsp3) is 0.486. The monoisotopic (exact) mass is 580 g/mol. The lowest BCUT2D eigenvalue weighted by Gasteiger charge is -2.26. The van der Waals surface area contributed by atoms with Gasteiger partial charge in [0.25, 0.3) is 5.91 Å². The highest BCUT2D eigenvalue weighted by atomic mass is 16.3. The quantitative estimate of drug-likeness (QED) is 0.234. The first-order chi connectivity index (χ1) is 20.9. The molecule has 6 heteroatoms. The molecule has 1 amide bonds.